The smallest absolute Gasteiger partial charge is 0.303 e. The van der Waals surface area contributed by atoms with Gasteiger partial charge in [0.1, 0.15) is 24.7 Å². The van der Waals surface area contributed by atoms with E-state index < -0.39 is 0 Å². The van der Waals surface area contributed by atoms with Gasteiger partial charge in [0, 0.05) is 42.9 Å². The lowest BCUT2D eigenvalue weighted by Gasteiger charge is -2.37. The van der Waals surface area contributed by atoms with Crippen molar-refractivity contribution in [1.29, 1.82) is 0 Å². The van der Waals surface area contributed by atoms with Gasteiger partial charge in [0.25, 0.3) is 0 Å². The molecule has 1 saturated heterocycles. The molecule has 3 aliphatic rings. The summed E-state index contributed by atoms with van der Waals surface area (Å²) in [6.07, 6.45) is 0.0484. The Labute approximate surface area is 182 Å². The largest absolute Gasteiger partial charge is 0.489 e. The summed E-state index contributed by atoms with van der Waals surface area (Å²) in [4.78, 5) is 13.6. The number of nitrogens with one attached hydrogen (secondary N) is 1. The van der Waals surface area contributed by atoms with E-state index in [2.05, 4.69) is 42.3 Å². The highest BCUT2D eigenvalue weighted by atomic mass is 16.6. The van der Waals surface area contributed by atoms with E-state index in [1.165, 1.54) is 6.92 Å². The topological polar surface area (TPSA) is 69.3 Å². The van der Waals surface area contributed by atoms with Crippen molar-refractivity contribution in [3.63, 3.8) is 0 Å². The van der Waals surface area contributed by atoms with Crippen molar-refractivity contribution in [1.82, 2.24) is 0 Å². The van der Waals surface area contributed by atoms with Gasteiger partial charge in [0.2, 0.25) is 0 Å². The summed E-state index contributed by atoms with van der Waals surface area (Å²) < 4.78 is 23.1. The minimum atomic E-state index is -0.335. The maximum atomic E-state index is 11.3. The van der Waals surface area contributed by atoms with E-state index >= 15 is 0 Å². The summed E-state index contributed by atoms with van der Waals surface area (Å²) in [5.41, 5.74) is 4.14. The fourth-order valence-electron chi connectivity index (χ4n) is 4.74. The molecule has 0 spiro atoms. The molecule has 7 nitrogen and oxygen atoms in total. The number of nitrogens with zero attached hydrogens (tertiary/aromatic N) is 1. The van der Waals surface area contributed by atoms with Crippen molar-refractivity contribution in [2.24, 2.45) is 0 Å². The molecule has 0 unspecified atom stereocenters. The van der Waals surface area contributed by atoms with Gasteiger partial charge in [0.15, 0.2) is 6.10 Å². The Bertz CT molecular complexity index is 984. The number of carbonyl (C=O) groups excluding carboxylic acids is 1. The molecule has 3 heterocycles. The lowest BCUT2D eigenvalue weighted by molar-refractivity contribution is -0.147. The van der Waals surface area contributed by atoms with Crippen molar-refractivity contribution >= 4 is 17.3 Å². The van der Waals surface area contributed by atoms with Crippen LogP contribution >= 0.6 is 0 Å². The molecule has 164 valence electrons. The molecule has 0 bridgehead atoms. The van der Waals surface area contributed by atoms with Crippen LogP contribution in [0.3, 0.4) is 0 Å². The van der Waals surface area contributed by atoms with Gasteiger partial charge in [-0.05, 0) is 32.0 Å². The predicted molar refractivity (Wildman–Crippen MR) is 117 cm³/mol. The molecular weight excluding hydrogens is 396 g/mol. The van der Waals surface area contributed by atoms with E-state index in [1.807, 2.05) is 18.2 Å². The molecule has 4 atom stereocenters. The van der Waals surface area contributed by atoms with Gasteiger partial charge in [-0.2, -0.15) is 0 Å². The molecule has 7 heteroatoms. The lowest BCUT2D eigenvalue weighted by atomic mass is 10.0. The molecule has 2 aromatic carbocycles. The second-order valence-corrected chi connectivity index (χ2v) is 8.53. The number of morpholine rings is 1. The van der Waals surface area contributed by atoms with Crippen LogP contribution in [0, 0.1) is 0 Å². The number of esters is 1. The molecule has 0 amide bonds. The van der Waals surface area contributed by atoms with Crippen LogP contribution in [0.15, 0.2) is 36.4 Å². The number of carbonyl (C=O) groups is 1. The molecule has 0 radical (unpaired) electrons. The third kappa shape index (κ3) is 3.90. The first-order valence-electron chi connectivity index (χ1n) is 10.8. The monoisotopic (exact) mass is 424 g/mol. The summed E-state index contributed by atoms with van der Waals surface area (Å²) in [5, 5.41) is 3.57. The first kappa shape index (κ1) is 20.0. The first-order chi connectivity index (χ1) is 15.0. The fourth-order valence-corrected chi connectivity index (χ4v) is 4.74. The van der Waals surface area contributed by atoms with Crippen molar-refractivity contribution in [2.45, 2.75) is 45.1 Å². The third-order valence-electron chi connectivity index (χ3n) is 5.95. The number of anilines is 2. The average Bonchev–Trinajstić information content (AvgIpc) is 3.31. The molecule has 5 rings (SSSR count). The second kappa shape index (κ2) is 7.96. The zero-order chi connectivity index (χ0) is 21.5. The second-order valence-electron chi connectivity index (χ2n) is 8.53. The van der Waals surface area contributed by atoms with E-state index in [9.17, 15) is 4.79 Å². The standard InChI is InChI=1S/C24H28N2O5/c1-14-10-26(11-15(2)30-14)21-6-4-5-18-20(12-29-24(18)21)25-17-7-8-19-22(9-17)28-13-23(19)31-16(3)27/h4-9,14-15,20,23,25H,10-13H2,1-3H3/t14-,15+,20-,23-/m1/s1. The minimum Gasteiger partial charge on any atom is -0.489 e. The Morgan fingerprint density at radius 3 is 2.65 bits per heavy atom. The molecule has 1 N–H and O–H groups in total. The maximum absolute atomic E-state index is 11.3. The fraction of sp³-hybridized carbons (Fsp3) is 0.458. The van der Waals surface area contributed by atoms with Gasteiger partial charge in [-0.15, -0.1) is 0 Å². The first-order valence-corrected chi connectivity index (χ1v) is 10.8. The van der Waals surface area contributed by atoms with Crippen LogP contribution in [0.5, 0.6) is 11.5 Å². The number of rotatable bonds is 4. The number of para-hydroxylation sites is 1. The summed E-state index contributed by atoms with van der Waals surface area (Å²) in [6.45, 7) is 8.26. The summed E-state index contributed by atoms with van der Waals surface area (Å²) in [5.74, 6) is 1.40. The van der Waals surface area contributed by atoms with Crippen LogP contribution in [0.1, 0.15) is 44.0 Å². The molecule has 31 heavy (non-hydrogen) atoms. The Morgan fingerprint density at radius 2 is 1.87 bits per heavy atom. The van der Waals surface area contributed by atoms with Crippen LogP contribution in [0.4, 0.5) is 11.4 Å². The number of fused-ring (bicyclic) bond motifs is 2. The Morgan fingerprint density at radius 1 is 1.06 bits per heavy atom. The zero-order valence-electron chi connectivity index (χ0n) is 18.1. The third-order valence-corrected chi connectivity index (χ3v) is 5.95. The Hall–Kier alpha value is -2.93. The maximum Gasteiger partial charge on any atom is 0.303 e. The van der Waals surface area contributed by atoms with Gasteiger partial charge >= 0.3 is 5.97 Å². The van der Waals surface area contributed by atoms with Crippen LogP contribution in [-0.2, 0) is 14.3 Å². The van der Waals surface area contributed by atoms with Gasteiger partial charge in [-0.25, -0.2) is 0 Å². The van der Waals surface area contributed by atoms with E-state index in [0.717, 1.165) is 47.1 Å². The Kier molecular flexibility index (Phi) is 5.14. The molecule has 0 saturated carbocycles. The predicted octanol–water partition coefficient (Wildman–Crippen LogP) is 3.84. The van der Waals surface area contributed by atoms with Gasteiger partial charge in [0.05, 0.1) is 23.9 Å². The highest BCUT2D eigenvalue weighted by Crippen LogP contribution is 2.43. The summed E-state index contributed by atoms with van der Waals surface area (Å²) >= 11 is 0. The lowest BCUT2D eigenvalue weighted by Crippen LogP contribution is -2.45. The quantitative estimate of drug-likeness (QED) is 0.748. The summed E-state index contributed by atoms with van der Waals surface area (Å²) in [7, 11) is 0. The molecule has 1 fully saturated rings. The van der Waals surface area contributed by atoms with E-state index in [0.29, 0.717) is 13.2 Å². The number of hydrogen-bond donors (Lipinski definition) is 1. The molecule has 3 aliphatic heterocycles. The van der Waals surface area contributed by atoms with Crippen molar-refractivity contribution in [3.05, 3.63) is 47.5 Å². The van der Waals surface area contributed by atoms with Crippen molar-refractivity contribution in [3.8, 4) is 11.5 Å². The number of ether oxygens (including phenoxy) is 4. The van der Waals surface area contributed by atoms with Gasteiger partial charge in [-0.3, -0.25) is 4.79 Å². The minimum absolute atomic E-state index is 0.0505. The van der Waals surface area contributed by atoms with Crippen molar-refractivity contribution < 1.29 is 23.7 Å². The molecular formula is C24H28N2O5. The van der Waals surface area contributed by atoms with Crippen LogP contribution in [0.25, 0.3) is 0 Å². The highest BCUT2D eigenvalue weighted by Gasteiger charge is 2.32. The molecule has 0 aromatic heterocycles. The van der Waals surface area contributed by atoms with Crippen LogP contribution in [0.2, 0.25) is 0 Å². The van der Waals surface area contributed by atoms with Gasteiger partial charge < -0.3 is 29.2 Å². The Balaban J connectivity index is 1.34. The number of benzene rings is 2. The van der Waals surface area contributed by atoms with Crippen LogP contribution < -0.4 is 19.7 Å². The zero-order valence-corrected chi connectivity index (χ0v) is 18.1. The number of hydrogen-bond acceptors (Lipinski definition) is 7. The van der Waals surface area contributed by atoms with E-state index in [4.69, 9.17) is 18.9 Å². The average molecular weight is 424 g/mol. The van der Waals surface area contributed by atoms with Gasteiger partial charge in [-0.1, -0.05) is 12.1 Å². The van der Waals surface area contributed by atoms with E-state index in [1.54, 1.807) is 0 Å². The normalized spacial score (nSPS) is 26.5. The molecule has 2 aromatic rings. The van der Waals surface area contributed by atoms with Crippen molar-refractivity contribution in [2.75, 3.05) is 36.5 Å². The van der Waals surface area contributed by atoms with Crippen LogP contribution in [-0.4, -0.2) is 44.5 Å². The molecule has 0 aliphatic carbocycles. The SMILES string of the molecule is CC(=O)O[C@@H]1COc2cc(N[C@@H]3COc4c3cccc4N3C[C@@H](C)O[C@@H](C)C3)ccc21. The van der Waals surface area contributed by atoms with E-state index in [-0.39, 0.29) is 30.3 Å². The summed E-state index contributed by atoms with van der Waals surface area (Å²) in [6, 6.07) is 12.3. The highest BCUT2D eigenvalue weighted by molar-refractivity contribution is 5.68.